The van der Waals surface area contributed by atoms with Crippen LogP contribution in [0.15, 0.2) is 48.5 Å². The van der Waals surface area contributed by atoms with E-state index in [1.165, 1.54) is 30.3 Å². The zero-order chi connectivity index (χ0) is 18.0. The van der Waals surface area contributed by atoms with Crippen molar-refractivity contribution >= 4 is 12.4 Å². The molecule has 1 aliphatic heterocycles. The number of alkyl halides is 3. The number of aliphatic hydroxyl groups is 1. The fraction of sp³-hybridized carbons (Fsp3) is 0.368. The molecule has 3 atom stereocenters. The number of halogens is 5. The molecule has 0 amide bonds. The number of aliphatic hydroxyl groups excluding tert-OH is 1. The van der Waals surface area contributed by atoms with E-state index in [9.17, 15) is 22.7 Å². The maximum Gasteiger partial charge on any atom is 0.416 e. The molecule has 0 aromatic heterocycles. The summed E-state index contributed by atoms with van der Waals surface area (Å²) in [7, 11) is 0. The van der Waals surface area contributed by atoms with Crippen LogP contribution in [0.2, 0.25) is 0 Å². The van der Waals surface area contributed by atoms with Crippen LogP contribution in [0.25, 0.3) is 0 Å². The first-order chi connectivity index (χ1) is 11.9. The van der Waals surface area contributed by atoms with E-state index in [1.807, 2.05) is 0 Å². The number of hydrogen-bond acceptors (Lipinski definition) is 2. The Morgan fingerprint density at radius 2 is 1.73 bits per heavy atom. The molecule has 0 saturated carbocycles. The van der Waals surface area contributed by atoms with Crippen molar-refractivity contribution in [1.29, 1.82) is 0 Å². The highest BCUT2D eigenvalue weighted by molar-refractivity contribution is 5.85. The van der Waals surface area contributed by atoms with Gasteiger partial charge in [-0.3, -0.25) is 0 Å². The molecule has 0 bridgehead atoms. The third-order valence-electron chi connectivity index (χ3n) is 4.65. The second-order valence-corrected chi connectivity index (χ2v) is 6.35. The van der Waals surface area contributed by atoms with Crippen LogP contribution >= 0.6 is 12.4 Å². The summed E-state index contributed by atoms with van der Waals surface area (Å²) < 4.78 is 52.4. The van der Waals surface area contributed by atoms with Crippen molar-refractivity contribution in [1.82, 2.24) is 5.32 Å². The molecule has 142 valence electrons. The van der Waals surface area contributed by atoms with Gasteiger partial charge in [0.25, 0.3) is 0 Å². The fourth-order valence-electron chi connectivity index (χ4n) is 3.40. The van der Waals surface area contributed by atoms with Crippen molar-refractivity contribution in [2.45, 2.75) is 37.1 Å². The minimum absolute atomic E-state index is 0. The van der Waals surface area contributed by atoms with Gasteiger partial charge < -0.3 is 10.4 Å². The van der Waals surface area contributed by atoms with Crippen LogP contribution in [0.1, 0.15) is 35.4 Å². The number of benzene rings is 2. The number of rotatable bonds is 4. The van der Waals surface area contributed by atoms with Crippen LogP contribution in [0.3, 0.4) is 0 Å². The molecule has 2 aromatic rings. The molecule has 0 aliphatic carbocycles. The lowest BCUT2D eigenvalue weighted by molar-refractivity contribution is -0.137. The van der Waals surface area contributed by atoms with Crippen LogP contribution in [-0.2, 0) is 6.18 Å². The van der Waals surface area contributed by atoms with Gasteiger partial charge in [-0.1, -0.05) is 30.3 Å². The van der Waals surface area contributed by atoms with Gasteiger partial charge >= 0.3 is 6.18 Å². The Morgan fingerprint density at radius 3 is 2.31 bits per heavy atom. The standard InChI is InChI=1S/C19H19F4NO.ClH/c20-15-8-6-12(7-9-15)17(18(25)16-5-2-10-24-16)13-3-1-4-14(11-13)19(21,22)23;/h1,3-4,6-9,11,16-18,24-25H,2,5,10H2;1H/t16-,17?,18?;/m1./s1. The minimum atomic E-state index is -4.46. The smallest absolute Gasteiger partial charge is 0.391 e. The maximum absolute atomic E-state index is 13.3. The van der Waals surface area contributed by atoms with Crippen LogP contribution in [-0.4, -0.2) is 23.8 Å². The first kappa shape index (κ1) is 20.7. The number of nitrogens with one attached hydrogen (secondary N) is 1. The quantitative estimate of drug-likeness (QED) is 0.754. The molecule has 2 aromatic carbocycles. The molecule has 2 unspecified atom stereocenters. The Bertz CT molecular complexity index is 714. The molecule has 1 heterocycles. The summed E-state index contributed by atoms with van der Waals surface area (Å²) in [6, 6.07) is 10.3. The van der Waals surface area contributed by atoms with Gasteiger partial charge in [-0.05, 0) is 48.7 Å². The van der Waals surface area contributed by atoms with Gasteiger partial charge in [0.15, 0.2) is 0 Å². The van der Waals surface area contributed by atoms with E-state index in [1.54, 1.807) is 6.07 Å². The predicted molar refractivity (Wildman–Crippen MR) is 94.0 cm³/mol. The van der Waals surface area contributed by atoms with Crippen molar-refractivity contribution in [3.63, 3.8) is 0 Å². The van der Waals surface area contributed by atoms with Crippen molar-refractivity contribution in [2.24, 2.45) is 0 Å². The van der Waals surface area contributed by atoms with Crippen LogP contribution in [0.5, 0.6) is 0 Å². The second kappa shape index (κ2) is 8.37. The van der Waals surface area contributed by atoms with E-state index in [2.05, 4.69) is 5.32 Å². The first-order valence-corrected chi connectivity index (χ1v) is 8.20. The third kappa shape index (κ3) is 4.55. The van der Waals surface area contributed by atoms with E-state index in [0.717, 1.165) is 31.5 Å². The molecule has 7 heteroatoms. The molecule has 26 heavy (non-hydrogen) atoms. The monoisotopic (exact) mass is 389 g/mol. The fourth-order valence-corrected chi connectivity index (χ4v) is 3.40. The third-order valence-corrected chi connectivity index (χ3v) is 4.65. The predicted octanol–water partition coefficient (Wildman–Crippen LogP) is 4.51. The van der Waals surface area contributed by atoms with Crippen molar-refractivity contribution in [3.8, 4) is 0 Å². The Labute approximate surface area is 155 Å². The molecule has 1 aliphatic rings. The van der Waals surface area contributed by atoms with Gasteiger partial charge in [-0.25, -0.2) is 4.39 Å². The Hall–Kier alpha value is -1.63. The average Bonchev–Trinajstić information content (AvgIpc) is 3.11. The topological polar surface area (TPSA) is 32.3 Å². The SMILES string of the molecule is Cl.OC(C(c1ccc(F)cc1)c1cccc(C(F)(F)F)c1)[C@H]1CCCN1. The maximum atomic E-state index is 13.3. The minimum Gasteiger partial charge on any atom is -0.391 e. The highest BCUT2D eigenvalue weighted by Gasteiger charge is 2.35. The van der Waals surface area contributed by atoms with Crippen LogP contribution < -0.4 is 5.32 Å². The van der Waals surface area contributed by atoms with E-state index >= 15 is 0 Å². The summed E-state index contributed by atoms with van der Waals surface area (Å²) >= 11 is 0. The van der Waals surface area contributed by atoms with Crippen molar-refractivity contribution < 1.29 is 22.7 Å². The zero-order valence-corrected chi connectivity index (χ0v) is 14.7. The van der Waals surface area contributed by atoms with Gasteiger partial charge in [0.1, 0.15) is 5.82 Å². The highest BCUT2D eigenvalue weighted by atomic mass is 35.5. The Morgan fingerprint density at radius 1 is 1.04 bits per heavy atom. The van der Waals surface area contributed by atoms with Gasteiger partial charge in [0.05, 0.1) is 11.7 Å². The van der Waals surface area contributed by atoms with Gasteiger partial charge in [-0.2, -0.15) is 13.2 Å². The number of hydrogen-bond donors (Lipinski definition) is 2. The summed E-state index contributed by atoms with van der Waals surface area (Å²) in [6.45, 7) is 0.764. The first-order valence-electron chi connectivity index (χ1n) is 8.20. The Kier molecular flexibility index (Phi) is 6.66. The molecule has 0 radical (unpaired) electrons. The average molecular weight is 390 g/mol. The molecule has 2 nitrogen and oxygen atoms in total. The summed E-state index contributed by atoms with van der Waals surface area (Å²) in [6.07, 6.45) is -3.71. The molecule has 1 saturated heterocycles. The van der Waals surface area contributed by atoms with Gasteiger partial charge in [0.2, 0.25) is 0 Å². The van der Waals surface area contributed by atoms with E-state index in [0.29, 0.717) is 11.1 Å². The van der Waals surface area contributed by atoms with Crippen molar-refractivity contribution in [2.75, 3.05) is 6.54 Å². The summed E-state index contributed by atoms with van der Waals surface area (Å²) in [4.78, 5) is 0. The van der Waals surface area contributed by atoms with Crippen LogP contribution in [0, 0.1) is 5.82 Å². The highest BCUT2D eigenvalue weighted by Crippen LogP contribution is 2.36. The molecule has 3 rings (SSSR count). The van der Waals surface area contributed by atoms with Gasteiger partial charge in [0, 0.05) is 12.0 Å². The summed E-state index contributed by atoms with van der Waals surface area (Å²) in [5.74, 6) is -1.10. The Balaban J connectivity index is 0.00000243. The molecular weight excluding hydrogens is 370 g/mol. The second-order valence-electron chi connectivity index (χ2n) is 6.35. The largest absolute Gasteiger partial charge is 0.416 e. The lowest BCUT2D eigenvalue weighted by atomic mass is 9.82. The van der Waals surface area contributed by atoms with E-state index in [-0.39, 0.29) is 18.4 Å². The normalized spacial score (nSPS) is 19.7. The molecule has 0 spiro atoms. The zero-order valence-electron chi connectivity index (χ0n) is 13.8. The van der Waals surface area contributed by atoms with E-state index < -0.39 is 29.6 Å². The molecule has 1 fully saturated rings. The molecule has 2 N–H and O–H groups in total. The van der Waals surface area contributed by atoms with Gasteiger partial charge in [-0.15, -0.1) is 12.4 Å². The van der Waals surface area contributed by atoms with E-state index in [4.69, 9.17) is 0 Å². The lowest BCUT2D eigenvalue weighted by Crippen LogP contribution is -2.39. The summed E-state index contributed by atoms with van der Waals surface area (Å²) in [5.41, 5.74) is 0.188. The summed E-state index contributed by atoms with van der Waals surface area (Å²) in [5, 5.41) is 14.0. The van der Waals surface area contributed by atoms with Crippen LogP contribution in [0.4, 0.5) is 17.6 Å². The lowest BCUT2D eigenvalue weighted by Gasteiger charge is -2.29. The van der Waals surface area contributed by atoms with Crippen molar-refractivity contribution in [3.05, 3.63) is 71.0 Å². The molecular formula is C19H20ClF4NO.